The van der Waals surface area contributed by atoms with Crippen LogP contribution in [0.4, 0.5) is 5.69 Å². The Morgan fingerprint density at radius 1 is 1.13 bits per heavy atom. The fourth-order valence-electron chi connectivity index (χ4n) is 2.65. The summed E-state index contributed by atoms with van der Waals surface area (Å²) in [5.41, 5.74) is 3.73. The molecule has 0 aliphatic carbocycles. The molecule has 2 rings (SSSR count). The predicted octanol–water partition coefficient (Wildman–Crippen LogP) is 2.59. The van der Waals surface area contributed by atoms with E-state index in [0.717, 1.165) is 11.1 Å². The highest BCUT2D eigenvalue weighted by Gasteiger charge is 2.13. The van der Waals surface area contributed by atoms with Crippen LogP contribution < -0.4 is 10.9 Å². The fourth-order valence-corrected chi connectivity index (χ4v) is 2.65. The molecule has 23 heavy (non-hydrogen) atoms. The van der Waals surface area contributed by atoms with Crippen molar-refractivity contribution in [2.24, 2.45) is 0 Å². The van der Waals surface area contributed by atoms with Crippen LogP contribution in [0.2, 0.25) is 0 Å². The number of aryl methyl sites for hydroxylation is 4. The van der Waals surface area contributed by atoms with Crippen LogP contribution in [-0.4, -0.2) is 10.5 Å². The molecule has 1 aromatic heterocycles. The maximum absolute atomic E-state index is 12.3. The number of hydrogen-bond acceptors (Lipinski definition) is 3. The second-order valence-corrected chi connectivity index (χ2v) is 5.77. The Balaban J connectivity index is 2.28. The van der Waals surface area contributed by atoms with Crippen molar-refractivity contribution in [3.63, 3.8) is 0 Å². The normalized spacial score (nSPS) is 10.2. The number of nitriles is 1. The van der Waals surface area contributed by atoms with Crippen LogP contribution in [0.15, 0.2) is 29.1 Å². The van der Waals surface area contributed by atoms with Crippen LogP contribution in [0.5, 0.6) is 0 Å². The number of nitrogens with zero attached hydrogens (tertiary/aromatic N) is 2. The summed E-state index contributed by atoms with van der Waals surface area (Å²) in [6.45, 7) is 7.26. The zero-order chi connectivity index (χ0) is 17.1. The van der Waals surface area contributed by atoms with Crippen molar-refractivity contribution in [3.8, 4) is 6.07 Å². The minimum atomic E-state index is -0.430. The predicted molar refractivity (Wildman–Crippen MR) is 89.4 cm³/mol. The topological polar surface area (TPSA) is 74.9 Å². The molecule has 0 fully saturated rings. The first-order valence-electron chi connectivity index (χ1n) is 7.31. The Labute approximate surface area is 135 Å². The van der Waals surface area contributed by atoms with Gasteiger partial charge in [-0.3, -0.25) is 9.59 Å². The van der Waals surface area contributed by atoms with Gasteiger partial charge in [0, 0.05) is 11.4 Å². The molecular weight excluding hydrogens is 290 g/mol. The van der Waals surface area contributed by atoms with Gasteiger partial charge in [0.05, 0.1) is 0 Å². The first-order valence-corrected chi connectivity index (χ1v) is 7.31. The molecule has 0 spiro atoms. The molecule has 0 aliphatic heterocycles. The lowest BCUT2D eigenvalue weighted by molar-refractivity contribution is -0.116. The summed E-state index contributed by atoms with van der Waals surface area (Å²) in [7, 11) is 0. The summed E-state index contributed by atoms with van der Waals surface area (Å²) in [5.74, 6) is -0.298. The van der Waals surface area contributed by atoms with E-state index in [2.05, 4.69) is 5.32 Å². The molecule has 1 aromatic carbocycles. The molecule has 5 nitrogen and oxygen atoms in total. The number of carbonyl (C=O) groups is 1. The van der Waals surface area contributed by atoms with Crippen LogP contribution in [0.1, 0.15) is 27.9 Å². The van der Waals surface area contributed by atoms with Crippen molar-refractivity contribution in [1.82, 2.24) is 4.57 Å². The Bertz CT molecular complexity index is 853. The molecule has 0 bridgehead atoms. The van der Waals surface area contributed by atoms with Crippen molar-refractivity contribution in [1.29, 1.82) is 5.26 Å². The van der Waals surface area contributed by atoms with Gasteiger partial charge in [0.25, 0.3) is 5.56 Å². The average Bonchev–Trinajstić information content (AvgIpc) is 2.42. The van der Waals surface area contributed by atoms with E-state index in [-0.39, 0.29) is 18.0 Å². The molecule has 1 amide bonds. The maximum Gasteiger partial charge on any atom is 0.269 e. The summed E-state index contributed by atoms with van der Waals surface area (Å²) >= 11 is 0. The Kier molecular flexibility index (Phi) is 4.65. The monoisotopic (exact) mass is 309 g/mol. The number of pyridine rings is 1. The van der Waals surface area contributed by atoms with Crippen LogP contribution in [-0.2, 0) is 11.3 Å². The number of rotatable bonds is 3. The smallest absolute Gasteiger partial charge is 0.269 e. The van der Waals surface area contributed by atoms with Crippen LogP contribution in [0.3, 0.4) is 0 Å². The molecule has 2 aromatic rings. The van der Waals surface area contributed by atoms with E-state index in [1.54, 1.807) is 19.9 Å². The van der Waals surface area contributed by atoms with Gasteiger partial charge in [-0.25, -0.2) is 0 Å². The SMILES string of the molecule is Cc1cc(C)cc(NC(=O)Cn2c(C)cc(C)c(C#N)c2=O)c1. The second-order valence-electron chi connectivity index (χ2n) is 5.77. The third kappa shape index (κ3) is 3.67. The lowest BCUT2D eigenvalue weighted by atomic mass is 10.1. The largest absolute Gasteiger partial charge is 0.325 e. The van der Waals surface area contributed by atoms with Crippen molar-refractivity contribution in [2.75, 3.05) is 5.32 Å². The molecule has 0 saturated carbocycles. The summed E-state index contributed by atoms with van der Waals surface area (Å²) < 4.78 is 1.32. The summed E-state index contributed by atoms with van der Waals surface area (Å²) in [6.07, 6.45) is 0. The number of nitrogens with one attached hydrogen (secondary N) is 1. The van der Waals surface area contributed by atoms with E-state index in [1.807, 2.05) is 38.1 Å². The number of carbonyl (C=O) groups excluding carboxylic acids is 1. The first kappa shape index (κ1) is 16.5. The van der Waals surface area contributed by atoms with Gasteiger partial charge in [0.2, 0.25) is 5.91 Å². The molecule has 118 valence electrons. The highest BCUT2D eigenvalue weighted by molar-refractivity contribution is 5.90. The van der Waals surface area contributed by atoms with E-state index >= 15 is 0 Å². The average molecular weight is 309 g/mol. The Hall–Kier alpha value is -2.87. The van der Waals surface area contributed by atoms with Gasteiger partial charge in [-0.2, -0.15) is 5.26 Å². The van der Waals surface area contributed by atoms with Gasteiger partial charge in [-0.15, -0.1) is 0 Å². The van der Waals surface area contributed by atoms with Crippen molar-refractivity contribution in [3.05, 3.63) is 62.6 Å². The minimum absolute atomic E-state index is 0.0785. The molecule has 0 atom stereocenters. The molecule has 0 aliphatic rings. The van der Waals surface area contributed by atoms with Crippen LogP contribution in [0, 0.1) is 39.0 Å². The van der Waals surface area contributed by atoms with Gasteiger partial charge in [-0.1, -0.05) is 6.07 Å². The highest BCUT2D eigenvalue weighted by Crippen LogP contribution is 2.14. The lowest BCUT2D eigenvalue weighted by Crippen LogP contribution is -2.31. The molecule has 1 N–H and O–H groups in total. The van der Waals surface area contributed by atoms with Gasteiger partial charge < -0.3 is 9.88 Å². The Morgan fingerprint density at radius 2 is 1.74 bits per heavy atom. The second kappa shape index (κ2) is 6.49. The fraction of sp³-hybridized carbons (Fsp3) is 0.278. The van der Waals surface area contributed by atoms with Gasteiger partial charge in [0.15, 0.2) is 0 Å². The summed E-state index contributed by atoms with van der Waals surface area (Å²) in [4.78, 5) is 24.5. The molecule has 0 saturated heterocycles. The lowest BCUT2D eigenvalue weighted by Gasteiger charge is -2.12. The van der Waals surface area contributed by atoms with Crippen molar-refractivity contribution < 1.29 is 4.79 Å². The van der Waals surface area contributed by atoms with E-state index in [0.29, 0.717) is 16.9 Å². The van der Waals surface area contributed by atoms with Crippen molar-refractivity contribution >= 4 is 11.6 Å². The van der Waals surface area contributed by atoms with Crippen LogP contribution in [0.25, 0.3) is 0 Å². The van der Waals surface area contributed by atoms with Gasteiger partial charge >= 0.3 is 0 Å². The summed E-state index contributed by atoms with van der Waals surface area (Å²) in [5, 5.41) is 11.9. The number of hydrogen-bond donors (Lipinski definition) is 1. The number of benzene rings is 1. The van der Waals surface area contributed by atoms with E-state index in [9.17, 15) is 9.59 Å². The van der Waals surface area contributed by atoms with Gasteiger partial charge in [0.1, 0.15) is 18.2 Å². The molecule has 0 unspecified atom stereocenters. The highest BCUT2D eigenvalue weighted by atomic mass is 16.2. The van der Waals surface area contributed by atoms with Gasteiger partial charge in [-0.05, 0) is 62.6 Å². The minimum Gasteiger partial charge on any atom is -0.325 e. The van der Waals surface area contributed by atoms with E-state index < -0.39 is 5.56 Å². The van der Waals surface area contributed by atoms with E-state index in [1.165, 1.54) is 4.57 Å². The molecular formula is C18H19N3O2. The zero-order valence-electron chi connectivity index (χ0n) is 13.7. The number of amides is 1. The summed E-state index contributed by atoms with van der Waals surface area (Å²) in [6, 6.07) is 9.40. The first-order chi connectivity index (χ1) is 10.8. The molecule has 1 heterocycles. The quantitative estimate of drug-likeness (QED) is 0.947. The number of aromatic nitrogens is 1. The molecule has 0 radical (unpaired) electrons. The maximum atomic E-state index is 12.3. The number of anilines is 1. The van der Waals surface area contributed by atoms with E-state index in [4.69, 9.17) is 5.26 Å². The van der Waals surface area contributed by atoms with Crippen molar-refractivity contribution in [2.45, 2.75) is 34.2 Å². The zero-order valence-corrected chi connectivity index (χ0v) is 13.7. The third-order valence-corrected chi connectivity index (χ3v) is 3.62. The molecule has 5 heteroatoms. The third-order valence-electron chi connectivity index (χ3n) is 3.62. The standard InChI is InChI=1S/C18H19N3O2/c1-11-5-12(2)7-15(6-11)20-17(22)10-21-14(4)8-13(3)16(9-19)18(21)23/h5-8H,10H2,1-4H3,(H,20,22). The van der Waals surface area contributed by atoms with Crippen LogP contribution >= 0.6 is 0 Å². The Morgan fingerprint density at radius 3 is 2.30 bits per heavy atom.